The van der Waals surface area contributed by atoms with Gasteiger partial charge in [0.15, 0.2) is 0 Å². The minimum atomic E-state index is 1.23. The van der Waals surface area contributed by atoms with Crippen molar-refractivity contribution < 1.29 is 0 Å². The maximum absolute atomic E-state index is 4.53. The summed E-state index contributed by atoms with van der Waals surface area (Å²) >= 11 is 6.23. The van der Waals surface area contributed by atoms with Crippen LogP contribution >= 0.6 is 24.0 Å². The molecule has 0 aromatic rings. The normalized spacial score (nSPS) is 11.0. The van der Waals surface area contributed by atoms with Crippen molar-refractivity contribution in [1.82, 2.24) is 5.32 Å². The van der Waals surface area contributed by atoms with Crippen molar-refractivity contribution in [2.75, 3.05) is 6.26 Å². The summed E-state index contributed by atoms with van der Waals surface area (Å²) in [5, 5.41) is 2.81. The molecular weight excluding hydrogens is 138 g/mol. The molecule has 0 saturated heterocycles. The molecule has 0 unspecified atom stereocenters. The molecule has 0 heterocycles. The summed E-state index contributed by atoms with van der Waals surface area (Å²) in [4.78, 5) is 1.23. The van der Waals surface area contributed by atoms with Crippen molar-refractivity contribution in [3.05, 3.63) is 11.1 Å². The average Bonchev–Trinajstić information content (AvgIpc) is 1.83. The van der Waals surface area contributed by atoms with Gasteiger partial charge in [0.05, 0.1) is 5.49 Å². The predicted octanol–water partition coefficient (Wildman–Crippen LogP) is 1.76. The summed E-state index contributed by atoms with van der Waals surface area (Å²) in [6.45, 7) is 2.02. The van der Waals surface area contributed by atoms with E-state index in [0.717, 1.165) is 0 Å². The van der Waals surface area contributed by atoms with E-state index in [0.29, 0.717) is 0 Å². The van der Waals surface area contributed by atoms with Gasteiger partial charge in [-0.3, -0.25) is 0 Å². The number of thioether (sulfide) groups is 1. The Morgan fingerprint density at radius 1 is 1.75 bits per heavy atom. The number of hydrogen-bond donors (Lipinski definition) is 1. The van der Waals surface area contributed by atoms with E-state index in [4.69, 9.17) is 0 Å². The van der Waals surface area contributed by atoms with Crippen molar-refractivity contribution in [2.45, 2.75) is 6.92 Å². The molecule has 8 heavy (non-hydrogen) atoms. The van der Waals surface area contributed by atoms with Crippen LogP contribution in [0.2, 0.25) is 0 Å². The smallest absolute Gasteiger partial charge is 0.0654 e. The topological polar surface area (TPSA) is 12.0 Å². The zero-order valence-electron chi connectivity index (χ0n) is 4.97. The van der Waals surface area contributed by atoms with Crippen LogP contribution < -0.4 is 5.32 Å². The zero-order valence-corrected chi connectivity index (χ0v) is 6.60. The van der Waals surface area contributed by atoms with Crippen LogP contribution in [0.15, 0.2) is 11.1 Å². The largest absolute Gasteiger partial charge is 0.358 e. The predicted molar refractivity (Wildman–Crippen MR) is 44.1 cm³/mol. The van der Waals surface area contributed by atoms with Gasteiger partial charge in [-0.15, -0.1) is 11.8 Å². The molecule has 0 amide bonds. The van der Waals surface area contributed by atoms with Crippen LogP contribution in [0.5, 0.6) is 0 Å². The lowest BCUT2D eigenvalue weighted by Crippen LogP contribution is -1.97. The maximum Gasteiger partial charge on any atom is 0.0654 e. The van der Waals surface area contributed by atoms with E-state index in [-0.39, 0.29) is 0 Å². The first kappa shape index (κ1) is 7.98. The van der Waals surface area contributed by atoms with Crippen LogP contribution in [0.1, 0.15) is 6.92 Å². The van der Waals surface area contributed by atoms with E-state index in [1.165, 1.54) is 10.4 Å². The lowest BCUT2D eigenvalue weighted by molar-refractivity contribution is 1.33. The molecule has 0 bridgehead atoms. The van der Waals surface area contributed by atoms with Crippen LogP contribution in [0.25, 0.3) is 0 Å². The number of thiocarbonyl (C=S) groups is 1. The van der Waals surface area contributed by atoms with Gasteiger partial charge in [-0.1, -0.05) is 12.2 Å². The van der Waals surface area contributed by atoms with Gasteiger partial charge in [-0.05, 0) is 18.1 Å². The lowest BCUT2D eigenvalue weighted by atomic mass is 10.7. The number of hydrogen-bond acceptors (Lipinski definition) is 2. The van der Waals surface area contributed by atoms with Crippen LogP contribution in [0, 0.1) is 0 Å². The highest BCUT2D eigenvalue weighted by molar-refractivity contribution is 8.02. The third kappa shape index (κ3) is 4.15. The molecule has 0 aliphatic rings. The van der Waals surface area contributed by atoms with Gasteiger partial charge in [0.2, 0.25) is 0 Å². The maximum atomic E-state index is 4.53. The third-order valence-corrected chi connectivity index (χ3v) is 1.57. The summed E-state index contributed by atoms with van der Waals surface area (Å²) in [6, 6.07) is 0. The summed E-state index contributed by atoms with van der Waals surface area (Å²) < 4.78 is 0. The van der Waals surface area contributed by atoms with Crippen molar-refractivity contribution in [3.8, 4) is 0 Å². The highest BCUT2D eigenvalue weighted by Gasteiger charge is 1.77. The SMILES string of the molecule is CS/C(C)=C\NC=S. The number of allylic oxidation sites excluding steroid dienone is 1. The Balaban J connectivity index is 3.40. The Hall–Kier alpha value is -0.0200. The molecule has 1 nitrogen and oxygen atoms in total. The molecular formula is C5H9NS2. The zero-order chi connectivity index (χ0) is 6.41. The van der Waals surface area contributed by atoms with Gasteiger partial charge in [-0.25, -0.2) is 0 Å². The van der Waals surface area contributed by atoms with Gasteiger partial charge in [0.25, 0.3) is 0 Å². The highest BCUT2D eigenvalue weighted by atomic mass is 32.2. The highest BCUT2D eigenvalue weighted by Crippen LogP contribution is 2.06. The van der Waals surface area contributed by atoms with Crippen LogP contribution in [-0.4, -0.2) is 11.7 Å². The van der Waals surface area contributed by atoms with Crippen molar-refractivity contribution in [3.63, 3.8) is 0 Å². The fraction of sp³-hybridized carbons (Fsp3) is 0.400. The van der Waals surface area contributed by atoms with Crippen LogP contribution in [-0.2, 0) is 0 Å². The monoisotopic (exact) mass is 147 g/mol. The first-order valence-electron chi connectivity index (χ1n) is 2.21. The summed E-state index contributed by atoms with van der Waals surface area (Å²) in [5.74, 6) is 0. The fourth-order valence-corrected chi connectivity index (χ4v) is 0.464. The molecule has 3 heteroatoms. The summed E-state index contributed by atoms with van der Waals surface area (Å²) in [5.41, 5.74) is 1.49. The number of rotatable bonds is 3. The molecule has 0 aliphatic carbocycles. The average molecular weight is 147 g/mol. The standard InChI is InChI=1S/C5H9NS2/c1-5(8-2)3-6-4-7/h3-4H,1-2H3,(H,6,7)/b5-3-. The summed E-state index contributed by atoms with van der Waals surface area (Å²) in [6.07, 6.45) is 3.90. The summed E-state index contributed by atoms with van der Waals surface area (Å²) in [7, 11) is 0. The second-order valence-electron chi connectivity index (χ2n) is 1.24. The number of nitrogens with one attached hydrogen (secondary N) is 1. The minimum absolute atomic E-state index is 1.23. The molecule has 0 fully saturated rings. The molecule has 0 aromatic heterocycles. The minimum Gasteiger partial charge on any atom is -0.358 e. The molecule has 0 atom stereocenters. The van der Waals surface area contributed by atoms with Crippen molar-refractivity contribution in [2.24, 2.45) is 0 Å². The van der Waals surface area contributed by atoms with Gasteiger partial charge in [0.1, 0.15) is 0 Å². The molecule has 46 valence electrons. The molecule has 1 N–H and O–H groups in total. The van der Waals surface area contributed by atoms with Crippen LogP contribution in [0.3, 0.4) is 0 Å². The Kier molecular flexibility index (Phi) is 5.11. The Morgan fingerprint density at radius 3 is 2.75 bits per heavy atom. The molecule has 0 rings (SSSR count). The van der Waals surface area contributed by atoms with E-state index in [2.05, 4.69) is 17.5 Å². The van der Waals surface area contributed by atoms with Crippen molar-refractivity contribution >= 4 is 29.5 Å². The Labute approximate surface area is 59.5 Å². The fourth-order valence-electron chi connectivity index (χ4n) is 0.210. The van der Waals surface area contributed by atoms with Crippen molar-refractivity contribution in [1.29, 1.82) is 0 Å². The second-order valence-corrected chi connectivity index (χ2v) is 2.53. The molecule has 0 radical (unpaired) electrons. The van der Waals surface area contributed by atoms with Gasteiger partial charge in [-0.2, -0.15) is 0 Å². The Bertz CT molecular complexity index is 98.6. The molecule has 0 spiro atoms. The molecule has 0 saturated carbocycles. The second kappa shape index (κ2) is 5.12. The lowest BCUT2D eigenvalue weighted by Gasteiger charge is -1.91. The van der Waals surface area contributed by atoms with Gasteiger partial charge in [0, 0.05) is 6.20 Å². The third-order valence-electron chi connectivity index (χ3n) is 0.677. The van der Waals surface area contributed by atoms with E-state index in [1.54, 1.807) is 11.8 Å². The van der Waals surface area contributed by atoms with Crippen LogP contribution in [0.4, 0.5) is 0 Å². The van der Waals surface area contributed by atoms with Gasteiger partial charge >= 0.3 is 0 Å². The Morgan fingerprint density at radius 2 is 2.38 bits per heavy atom. The first-order chi connectivity index (χ1) is 3.81. The quantitative estimate of drug-likeness (QED) is 0.611. The van der Waals surface area contributed by atoms with E-state index >= 15 is 0 Å². The van der Waals surface area contributed by atoms with E-state index in [9.17, 15) is 0 Å². The first-order valence-corrected chi connectivity index (χ1v) is 3.91. The molecule has 0 aromatic carbocycles. The molecule has 0 aliphatic heterocycles. The van der Waals surface area contributed by atoms with Gasteiger partial charge < -0.3 is 5.32 Å². The van der Waals surface area contributed by atoms with E-state index in [1.807, 2.05) is 19.4 Å². The van der Waals surface area contributed by atoms with E-state index < -0.39 is 0 Å².